The molecule has 2 rings (SSSR count). The standard InChI is InChI=1S/C17H25F2N/c1-3-17(13-7-5-4-6-8-13)20-12(2)14-9-15(18)11-16(19)10-14/h9-13,17,20H,3-8H2,1-2H3. The second kappa shape index (κ2) is 7.16. The smallest absolute Gasteiger partial charge is 0.126 e. The molecule has 1 fully saturated rings. The maximum atomic E-state index is 13.3. The van der Waals surface area contributed by atoms with Crippen molar-refractivity contribution in [2.75, 3.05) is 0 Å². The third-order valence-corrected chi connectivity index (χ3v) is 4.51. The van der Waals surface area contributed by atoms with E-state index in [4.69, 9.17) is 0 Å². The van der Waals surface area contributed by atoms with Crippen molar-refractivity contribution < 1.29 is 8.78 Å². The van der Waals surface area contributed by atoms with Crippen molar-refractivity contribution >= 4 is 0 Å². The molecule has 2 unspecified atom stereocenters. The van der Waals surface area contributed by atoms with Crippen molar-refractivity contribution in [1.82, 2.24) is 5.32 Å². The summed E-state index contributed by atoms with van der Waals surface area (Å²) in [7, 11) is 0. The van der Waals surface area contributed by atoms with E-state index in [0.29, 0.717) is 17.5 Å². The van der Waals surface area contributed by atoms with Gasteiger partial charge in [0.05, 0.1) is 0 Å². The van der Waals surface area contributed by atoms with Gasteiger partial charge < -0.3 is 5.32 Å². The van der Waals surface area contributed by atoms with Gasteiger partial charge in [0.15, 0.2) is 0 Å². The molecule has 0 aromatic heterocycles. The predicted molar refractivity (Wildman–Crippen MR) is 78.6 cm³/mol. The van der Waals surface area contributed by atoms with Crippen molar-refractivity contribution in [2.45, 2.75) is 64.5 Å². The van der Waals surface area contributed by atoms with E-state index in [1.807, 2.05) is 6.92 Å². The van der Waals surface area contributed by atoms with Crippen LogP contribution in [0.3, 0.4) is 0 Å². The van der Waals surface area contributed by atoms with Crippen molar-refractivity contribution in [3.05, 3.63) is 35.4 Å². The van der Waals surface area contributed by atoms with Crippen LogP contribution in [-0.2, 0) is 0 Å². The zero-order valence-corrected chi connectivity index (χ0v) is 12.5. The number of nitrogens with one attached hydrogen (secondary N) is 1. The highest BCUT2D eigenvalue weighted by Crippen LogP contribution is 2.29. The Morgan fingerprint density at radius 1 is 1.10 bits per heavy atom. The lowest BCUT2D eigenvalue weighted by Crippen LogP contribution is -2.38. The first-order chi connectivity index (χ1) is 9.60. The number of rotatable bonds is 5. The molecule has 20 heavy (non-hydrogen) atoms. The highest BCUT2D eigenvalue weighted by molar-refractivity contribution is 5.21. The van der Waals surface area contributed by atoms with Gasteiger partial charge in [-0.25, -0.2) is 8.78 Å². The van der Waals surface area contributed by atoms with Crippen LogP contribution in [0.25, 0.3) is 0 Å². The topological polar surface area (TPSA) is 12.0 Å². The molecule has 0 amide bonds. The molecular weight excluding hydrogens is 256 g/mol. The Hall–Kier alpha value is -0.960. The zero-order chi connectivity index (χ0) is 14.5. The summed E-state index contributed by atoms with van der Waals surface area (Å²) in [5, 5.41) is 3.57. The Kier molecular flexibility index (Phi) is 5.53. The summed E-state index contributed by atoms with van der Waals surface area (Å²) in [6, 6.07) is 4.20. The fourth-order valence-electron chi connectivity index (χ4n) is 3.37. The van der Waals surface area contributed by atoms with Gasteiger partial charge in [-0.3, -0.25) is 0 Å². The lowest BCUT2D eigenvalue weighted by atomic mass is 9.82. The average Bonchev–Trinajstić information content (AvgIpc) is 2.44. The van der Waals surface area contributed by atoms with Gasteiger partial charge in [-0.05, 0) is 49.8 Å². The van der Waals surface area contributed by atoms with Gasteiger partial charge in [-0.2, -0.15) is 0 Å². The van der Waals surface area contributed by atoms with Gasteiger partial charge in [0.1, 0.15) is 11.6 Å². The molecule has 1 aliphatic rings. The summed E-state index contributed by atoms with van der Waals surface area (Å²) in [6.07, 6.45) is 7.58. The first-order valence-corrected chi connectivity index (χ1v) is 7.82. The van der Waals surface area contributed by atoms with Crippen molar-refractivity contribution in [1.29, 1.82) is 0 Å². The van der Waals surface area contributed by atoms with Crippen molar-refractivity contribution in [2.24, 2.45) is 5.92 Å². The summed E-state index contributed by atoms with van der Waals surface area (Å²) < 4.78 is 26.6. The van der Waals surface area contributed by atoms with Crippen LogP contribution in [0.4, 0.5) is 8.78 Å². The minimum absolute atomic E-state index is 0.0212. The zero-order valence-electron chi connectivity index (χ0n) is 12.5. The second-order valence-electron chi connectivity index (χ2n) is 6.00. The van der Waals surface area contributed by atoms with Crippen LogP contribution in [0.2, 0.25) is 0 Å². The molecule has 0 heterocycles. The highest BCUT2D eigenvalue weighted by Gasteiger charge is 2.23. The van der Waals surface area contributed by atoms with E-state index in [2.05, 4.69) is 12.2 Å². The number of hydrogen-bond donors (Lipinski definition) is 1. The first-order valence-electron chi connectivity index (χ1n) is 7.82. The van der Waals surface area contributed by atoms with Gasteiger partial charge in [0.25, 0.3) is 0 Å². The fraction of sp³-hybridized carbons (Fsp3) is 0.647. The van der Waals surface area contributed by atoms with Gasteiger partial charge in [0.2, 0.25) is 0 Å². The van der Waals surface area contributed by atoms with Crippen LogP contribution in [0.15, 0.2) is 18.2 Å². The van der Waals surface area contributed by atoms with E-state index in [-0.39, 0.29) is 6.04 Å². The van der Waals surface area contributed by atoms with E-state index < -0.39 is 11.6 Å². The Bertz CT molecular complexity index is 407. The molecule has 0 aliphatic heterocycles. The van der Waals surface area contributed by atoms with Crippen LogP contribution >= 0.6 is 0 Å². The molecular formula is C17H25F2N. The largest absolute Gasteiger partial charge is 0.307 e. The number of halogens is 2. The van der Waals surface area contributed by atoms with E-state index >= 15 is 0 Å². The molecule has 0 saturated heterocycles. The monoisotopic (exact) mass is 281 g/mol. The average molecular weight is 281 g/mol. The van der Waals surface area contributed by atoms with Crippen LogP contribution in [-0.4, -0.2) is 6.04 Å². The third kappa shape index (κ3) is 4.02. The number of hydrogen-bond acceptors (Lipinski definition) is 1. The summed E-state index contributed by atoms with van der Waals surface area (Å²) in [6.45, 7) is 4.17. The van der Waals surface area contributed by atoms with Gasteiger partial charge in [-0.1, -0.05) is 26.2 Å². The van der Waals surface area contributed by atoms with Crippen LogP contribution in [0, 0.1) is 17.6 Å². The van der Waals surface area contributed by atoms with Crippen LogP contribution in [0.1, 0.15) is 64.0 Å². The summed E-state index contributed by atoms with van der Waals surface area (Å²) in [4.78, 5) is 0. The molecule has 1 nitrogen and oxygen atoms in total. The molecule has 1 aromatic rings. The Labute approximate surface area is 120 Å². The normalized spacial score (nSPS) is 19.8. The molecule has 0 bridgehead atoms. The summed E-state index contributed by atoms with van der Waals surface area (Å²) >= 11 is 0. The maximum absolute atomic E-state index is 13.3. The minimum Gasteiger partial charge on any atom is -0.307 e. The van der Waals surface area contributed by atoms with Crippen molar-refractivity contribution in [3.63, 3.8) is 0 Å². The molecule has 0 spiro atoms. The molecule has 1 aliphatic carbocycles. The highest BCUT2D eigenvalue weighted by atomic mass is 19.1. The lowest BCUT2D eigenvalue weighted by molar-refractivity contribution is 0.249. The summed E-state index contributed by atoms with van der Waals surface area (Å²) in [5.74, 6) is -0.298. The van der Waals surface area contributed by atoms with E-state index in [1.54, 1.807) is 0 Å². The quantitative estimate of drug-likeness (QED) is 0.803. The first kappa shape index (κ1) is 15.4. The second-order valence-corrected chi connectivity index (χ2v) is 6.00. The SMILES string of the molecule is CCC(NC(C)c1cc(F)cc(F)c1)C1CCCCC1. The van der Waals surface area contributed by atoms with E-state index in [0.717, 1.165) is 12.5 Å². The summed E-state index contributed by atoms with van der Waals surface area (Å²) in [5.41, 5.74) is 0.691. The van der Waals surface area contributed by atoms with E-state index in [9.17, 15) is 8.78 Å². The molecule has 112 valence electrons. The van der Waals surface area contributed by atoms with Crippen molar-refractivity contribution in [3.8, 4) is 0 Å². The Morgan fingerprint density at radius 2 is 1.70 bits per heavy atom. The molecule has 1 saturated carbocycles. The van der Waals surface area contributed by atoms with Crippen LogP contribution in [0.5, 0.6) is 0 Å². The van der Waals surface area contributed by atoms with Gasteiger partial charge in [0, 0.05) is 18.2 Å². The Balaban J connectivity index is 2.02. The van der Waals surface area contributed by atoms with Crippen LogP contribution < -0.4 is 5.32 Å². The van der Waals surface area contributed by atoms with Gasteiger partial charge in [-0.15, -0.1) is 0 Å². The third-order valence-electron chi connectivity index (χ3n) is 4.51. The molecule has 0 radical (unpaired) electrons. The Morgan fingerprint density at radius 3 is 2.25 bits per heavy atom. The predicted octanol–water partition coefficient (Wildman–Crippen LogP) is 4.97. The lowest BCUT2D eigenvalue weighted by Gasteiger charge is -2.32. The van der Waals surface area contributed by atoms with E-state index in [1.165, 1.54) is 44.2 Å². The molecule has 2 atom stereocenters. The molecule has 1 N–H and O–H groups in total. The molecule has 3 heteroatoms. The minimum atomic E-state index is -0.501. The number of benzene rings is 1. The maximum Gasteiger partial charge on any atom is 0.126 e. The molecule has 1 aromatic carbocycles. The van der Waals surface area contributed by atoms with Gasteiger partial charge >= 0.3 is 0 Å². The fourth-order valence-corrected chi connectivity index (χ4v) is 3.37.